The van der Waals surface area contributed by atoms with E-state index in [9.17, 15) is 4.79 Å². The van der Waals surface area contributed by atoms with E-state index in [1.165, 1.54) is 5.56 Å². The maximum Gasteiger partial charge on any atom is 0.256 e. The summed E-state index contributed by atoms with van der Waals surface area (Å²) in [5.74, 6) is -0.0572. The highest BCUT2D eigenvalue weighted by Crippen LogP contribution is 2.21. The van der Waals surface area contributed by atoms with Crippen molar-refractivity contribution in [3.05, 3.63) is 59.7 Å². The molecule has 1 N–H and O–H groups in total. The van der Waals surface area contributed by atoms with Gasteiger partial charge in [-0.15, -0.1) is 11.8 Å². The maximum atomic E-state index is 12.3. The average molecular weight is 271 g/mol. The SMILES string of the molecule is CCc1cccc(NC(=O)c2ccccc2SC)c1. The van der Waals surface area contributed by atoms with Crippen LogP contribution in [0.2, 0.25) is 0 Å². The summed E-state index contributed by atoms with van der Waals surface area (Å²) in [6.45, 7) is 2.10. The van der Waals surface area contributed by atoms with Gasteiger partial charge in [-0.2, -0.15) is 0 Å². The van der Waals surface area contributed by atoms with Crippen LogP contribution in [-0.4, -0.2) is 12.2 Å². The predicted octanol–water partition coefficient (Wildman–Crippen LogP) is 4.22. The molecule has 0 aliphatic carbocycles. The van der Waals surface area contributed by atoms with Crippen LogP contribution in [0.15, 0.2) is 53.4 Å². The van der Waals surface area contributed by atoms with Gasteiger partial charge in [0.15, 0.2) is 0 Å². The van der Waals surface area contributed by atoms with Crippen molar-refractivity contribution in [2.45, 2.75) is 18.2 Å². The minimum absolute atomic E-state index is 0.0572. The Hall–Kier alpha value is -1.74. The largest absolute Gasteiger partial charge is 0.322 e. The summed E-state index contributed by atoms with van der Waals surface area (Å²) >= 11 is 1.58. The lowest BCUT2D eigenvalue weighted by atomic mass is 10.1. The fourth-order valence-corrected chi connectivity index (χ4v) is 2.49. The van der Waals surface area contributed by atoms with Gasteiger partial charge in [-0.05, 0) is 42.5 Å². The fraction of sp³-hybridized carbons (Fsp3) is 0.188. The number of rotatable bonds is 4. The van der Waals surface area contributed by atoms with E-state index >= 15 is 0 Å². The Morgan fingerprint density at radius 2 is 1.95 bits per heavy atom. The molecule has 0 atom stereocenters. The van der Waals surface area contributed by atoms with Gasteiger partial charge in [-0.25, -0.2) is 0 Å². The van der Waals surface area contributed by atoms with Crippen molar-refractivity contribution in [3.63, 3.8) is 0 Å². The molecule has 1 amide bonds. The van der Waals surface area contributed by atoms with Gasteiger partial charge in [-0.1, -0.05) is 31.2 Å². The average Bonchev–Trinajstić information content (AvgIpc) is 2.47. The zero-order valence-corrected chi connectivity index (χ0v) is 12.0. The van der Waals surface area contributed by atoms with Crippen LogP contribution in [0.4, 0.5) is 5.69 Å². The van der Waals surface area contributed by atoms with E-state index in [0.717, 1.165) is 22.6 Å². The Morgan fingerprint density at radius 3 is 2.68 bits per heavy atom. The number of carbonyl (C=O) groups is 1. The van der Waals surface area contributed by atoms with Crippen LogP contribution in [0.5, 0.6) is 0 Å². The Balaban J connectivity index is 2.20. The van der Waals surface area contributed by atoms with Crippen LogP contribution in [0.1, 0.15) is 22.8 Å². The third-order valence-electron chi connectivity index (χ3n) is 2.94. The van der Waals surface area contributed by atoms with E-state index in [1.807, 2.05) is 48.7 Å². The van der Waals surface area contributed by atoms with Gasteiger partial charge in [0.05, 0.1) is 5.56 Å². The number of aryl methyl sites for hydroxylation is 1. The van der Waals surface area contributed by atoms with Crippen molar-refractivity contribution < 1.29 is 4.79 Å². The molecule has 3 heteroatoms. The number of hydrogen-bond donors (Lipinski definition) is 1. The predicted molar refractivity (Wildman–Crippen MR) is 82.0 cm³/mol. The first-order valence-electron chi connectivity index (χ1n) is 6.28. The summed E-state index contributed by atoms with van der Waals surface area (Å²) in [7, 11) is 0. The van der Waals surface area contributed by atoms with Crippen molar-refractivity contribution in [2.75, 3.05) is 11.6 Å². The molecule has 0 spiro atoms. The lowest BCUT2D eigenvalue weighted by Crippen LogP contribution is -2.13. The molecule has 0 aromatic heterocycles. The molecule has 0 aliphatic heterocycles. The summed E-state index contributed by atoms with van der Waals surface area (Å²) in [6, 6.07) is 15.6. The van der Waals surface area contributed by atoms with E-state index < -0.39 is 0 Å². The summed E-state index contributed by atoms with van der Waals surface area (Å²) in [5, 5.41) is 2.96. The van der Waals surface area contributed by atoms with Gasteiger partial charge in [0, 0.05) is 10.6 Å². The number of thioether (sulfide) groups is 1. The summed E-state index contributed by atoms with van der Waals surface area (Å²) in [6.07, 6.45) is 2.94. The highest BCUT2D eigenvalue weighted by atomic mass is 32.2. The van der Waals surface area contributed by atoms with E-state index in [0.29, 0.717) is 0 Å². The third-order valence-corrected chi connectivity index (χ3v) is 3.74. The molecule has 0 saturated heterocycles. The van der Waals surface area contributed by atoms with Crippen LogP contribution in [0, 0.1) is 0 Å². The Morgan fingerprint density at radius 1 is 1.16 bits per heavy atom. The van der Waals surface area contributed by atoms with Crippen molar-refractivity contribution in [2.24, 2.45) is 0 Å². The second-order valence-electron chi connectivity index (χ2n) is 4.21. The molecule has 0 radical (unpaired) electrons. The van der Waals surface area contributed by atoms with Crippen molar-refractivity contribution in [3.8, 4) is 0 Å². The first-order chi connectivity index (χ1) is 9.24. The van der Waals surface area contributed by atoms with Gasteiger partial charge >= 0.3 is 0 Å². The second-order valence-corrected chi connectivity index (χ2v) is 5.06. The van der Waals surface area contributed by atoms with Crippen LogP contribution in [0.3, 0.4) is 0 Å². The molecule has 0 aliphatic rings. The smallest absolute Gasteiger partial charge is 0.256 e. The van der Waals surface area contributed by atoms with Gasteiger partial charge in [0.2, 0.25) is 0 Å². The number of amides is 1. The number of nitrogens with one attached hydrogen (secondary N) is 1. The summed E-state index contributed by atoms with van der Waals surface area (Å²) in [4.78, 5) is 13.3. The molecular weight excluding hydrogens is 254 g/mol. The van der Waals surface area contributed by atoms with E-state index in [4.69, 9.17) is 0 Å². The van der Waals surface area contributed by atoms with E-state index in [-0.39, 0.29) is 5.91 Å². The van der Waals surface area contributed by atoms with Crippen molar-refractivity contribution in [1.82, 2.24) is 0 Å². The van der Waals surface area contributed by atoms with Gasteiger partial charge in [0.1, 0.15) is 0 Å². The molecular formula is C16H17NOS. The van der Waals surface area contributed by atoms with E-state index in [1.54, 1.807) is 11.8 Å². The normalized spacial score (nSPS) is 10.2. The monoisotopic (exact) mass is 271 g/mol. The molecule has 0 heterocycles. The maximum absolute atomic E-state index is 12.3. The lowest BCUT2D eigenvalue weighted by Gasteiger charge is -2.09. The van der Waals surface area contributed by atoms with Gasteiger partial charge in [-0.3, -0.25) is 4.79 Å². The molecule has 2 aromatic carbocycles. The quantitative estimate of drug-likeness (QED) is 0.843. The zero-order chi connectivity index (χ0) is 13.7. The van der Waals surface area contributed by atoms with Gasteiger partial charge in [0.25, 0.3) is 5.91 Å². The molecule has 2 aromatic rings. The molecule has 98 valence electrons. The van der Waals surface area contributed by atoms with Crippen molar-refractivity contribution >= 4 is 23.4 Å². The van der Waals surface area contributed by atoms with Crippen molar-refractivity contribution in [1.29, 1.82) is 0 Å². The molecule has 0 bridgehead atoms. The zero-order valence-electron chi connectivity index (χ0n) is 11.1. The van der Waals surface area contributed by atoms with Crippen LogP contribution in [-0.2, 0) is 6.42 Å². The Bertz CT molecular complexity index is 580. The fourth-order valence-electron chi connectivity index (χ4n) is 1.90. The molecule has 0 unspecified atom stereocenters. The minimum Gasteiger partial charge on any atom is -0.322 e. The van der Waals surface area contributed by atoms with Crippen LogP contribution in [0.25, 0.3) is 0 Å². The van der Waals surface area contributed by atoms with Crippen LogP contribution >= 0.6 is 11.8 Å². The summed E-state index contributed by atoms with van der Waals surface area (Å²) < 4.78 is 0. The first-order valence-corrected chi connectivity index (χ1v) is 7.50. The summed E-state index contributed by atoms with van der Waals surface area (Å²) in [5.41, 5.74) is 2.79. The standard InChI is InChI=1S/C16H17NOS/c1-3-12-7-6-8-13(11-12)17-16(18)14-9-4-5-10-15(14)19-2/h4-11H,3H2,1-2H3,(H,17,18). The molecule has 19 heavy (non-hydrogen) atoms. The highest BCUT2D eigenvalue weighted by molar-refractivity contribution is 7.98. The Kier molecular flexibility index (Phi) is 4.63. The number of hydrogen-bond acceptors (Lipinski definition) is 2. The number of benzene rings is 2. The molecule has 0 fully saturated rings. The third kappa shape index (κ3) is 3.38. The molecule has 2 rings (SSSR count). The molecule has 2 nitrogen and oxygen atoms in total. The second kappa shape index (κ2) is 6.43. The van der Waals surface area contributed by atoms with E-state index in [2.05, 4.69) is 18.3 Å². The number of anilines is 1. The van der Waals surface area contributed by atoms with Gasteiger partial charge < -0.3 is 5.32 Å². The topological polar surface area (TPSA) is 29.1 Å². The molecule has 0 saturated carbocycles. The number of carbonyl (C=O) groups excluding carboxylic acids is 1. The highest BCUT2D eigenvalue weighted by Gasteiger charge is 2.10. The first kappa shape index (κ1) is 13.7. The minimum atomic E-state index is -0.0572. The Labute approximate surface area is 118 Å². The lowest BCUT2D eigenvalue weighted by molar-refractivity contribution is 0.102. The van der Waals surface area contributed by atoms with Crippen LogP contribution < -0.4 is 5.32 Å².